The molecule has 0 aliphatic rings. The molecule has 1 rings (SSSR count). The number of hydrogen-bond donors (Lipinski definition) is 0. The second kappa shape index (κ2) is 3.34. The molecule has 0 spiro atoms. The van der Waals surface area contributed by atoms with Gasteiger partial charge in [0.15, 0.2) is 0 Å². The highest BCUT2D eigenvalue weighted by Gasteiger charge is 2.02. The van der Waals surface area contributed by atoms with Crippen LogP contribution >= 0.6 is 31.9 Å². The minimum atomic E-state index is 0.592. The fraction of sp³-hybridized carbons (Fsp3) is 0.167. The molecule has 0 atom stereocenters. The smallest absolute Gasteiger partial charge is 0.228 e. The molecule has 1 aromatic rings. The normalized spacial score (nSPS) is 9.50. The molecule has 0 aliphatic carbocycles. The van der Waals surface area contributed by atoms with Crippen LogP contribution in [-0.4, -0.2) is 12.1 Å². The van der Waals surface area contributed by atoms with Crippen molar-refractivity contribution in [3.8, 4) is 5.88 Å². The number of pyridine rings is 1. The van der Waals surface area contributed by atoms with Crippen LogP contribution < -0.4 is 4.74 Å². The summed E-state index contributed by atoms with van der Waals surface area (Å²) in [5.74, 6) is 0.592. The van der Waals surface area contributed by atoms with E-state index in [2.05, 4.69) is 36.8 Å². The number of nitrogens with zero attached hydrogens (tertiary/aromatic N) is 1. The van der Waals surface area contributed by atoms with Crippen LogP contribution in [0.15, 0.2) is 21.2 Å². The monoisotopic (exact) mass is 265 g/mol. The zero-order valence-electron chi connectivity index (χ0n) is 5.27. The summed E-state index contributed by atoms with van der Waals surface area (Å²) in [6.07, 6.45) is 1.67. The number of rotatable bonds is 1. The van der Waals surface area contributed by atoms with Crippen LogP contribution in [-0.2, 0) is 0 Å². The van der Waals surface area contributed by atoms with Crippen molar-refractivity contribution in [1.82, 2.24) is 4.98 Å². The van der Waals surface area contributed by atoms with Crippen molar-refractivity contribution >= 4 is 31.9 Å². The molecule has 1 aromatic heterocycles. The zero-order valence-corrected chi connectivity index (χ0v) is 8.44. The lowest BCUT2D eigenvalue weighted by atomic mass is 10.5. The number of methoxy groups -OCH3 is 1. The Balaban J connectivity index is 3.14. The van der Waals surface area contributed by atoms with Gasteiger partial charge >= 0.3 is 0 Å². The molecule has 0 unspecified atom stereocenters. The van der Waals surface area contributed by atoms with E-state index < -0.39 is 0 Å². The summed E-state index contributed by atoms with van der Waals surface area (Å²) in [6.45, 7) is 0. The lowest BCUT2D eigenvalue weighted by molar-refractivity contribution is 0.394. The molecule has 0 aliphatic heterocycles. The van der Waals surface area contributed by atoms with Crippen LogP contribution in [0.2, 0.25) is 0 Å². The van der Waals surface area contributed by atoms with E-state index in [-0.39, 0.29) is 0 Å². The van der Waals surface area contributed by atoms with E-state index in [1.54, 1.807) is 13.3 Å². The van der Waals surface area contributed by atoms with E-state index in [1.165, 1.54) is 0 Å². The summed E-state index contributed by atoms with van der Waals surface area (Å²) in [7, 11) is 1.58. The zero-order chi connectivity index (χ0) is 7.56. The highest BCUT2D eigenvalue weighted by Crippen LogP contribution is 2.29. The van der Waals surface area contributed by atoms with Gasteiger partial charge in [0.05, 0.1) is 11.6 Å². The van der Waals surface area contributed by atoms with Crippen LogP contribution in [0.4, 0.5) is 0 Å². The Morgan fingerprint density at radius 1 is 1.50 bits per heavy atom. The van der Waals surface area contributed by atoms with E-state index in [0.717, 1.165) is 8.95 Å². The second-order valence-electron chi connectivity index (χ2n) is 1.62. The van der Waals surface area contributed by atoms with Gasteiger partial charge in [-0.2, -0.15) is 0 Å². The van der Waals surface area contributed by atoms with Gasteiger partial charge < -0.3 is 4.74 Å². The summed E-state index contributed by atoms with van der Waals surface area (Å²) in [5.41, 5.74) is 0. The average molecular weight is 267 g/mol. The van der Waals surface area contributed by atoms with E-state index in [0.29, 0.717) is 5.88 Å². The van der Waals surface area contributed by atoms with E-state index in [4.69, 9.17) is 4.74 Å². The minimum Gasteiger partial charge on any atom is -0.480 e. The van der Waals surface area contributed by atoms with Crippen LogP contribution in [0.3, 0.4) is 0 Å². The topological polar surface area (TPSA) is 22.1 Å². The molecule has 0 N–H and O–H groups in total. The molecule has 0 saturated carbocycles. The minimum absolute atomic E-state index is 0.592. The predicted octanol–water partition coefficient (Wildman–Crippen LogP) is 2.62. The first-order valence-electron chi connectivity index (χ1n) is 2.59. The van der Waals surface area contributed by atoms with Crippen molar-refractivity contribution in [3.05, 3.63) is 21.2 Å². The van der Waals surface area contributed by atoms with Gasteiger partial charge in [-0.1, -0.05) is 0 Å². The fourth-order valence-corrected chi connectivity index (χ4v) is 1.23. The maximum Gasteiger partial charge on any atom is 0.228 e. The van der Waals surface area contributed by atoms with E-state index in [9.17, 15) is 0 Å². The fourth-order valence-electron chi connectivity index (χ4n) is 0.545. The first kappa shape index (κ1) is 8.01. The molecular formula is C6H5Br2NO. The van der Waals surface area contributed by atoms with Crippen LogP contribution in [0.1, 0.15) is 0 Å². The molecule has 0 amide bonds. The van der Waals surface area contributed by atoms with Gasteiger partial charge in [-0.15, -0.1) is 0 Å². The SMILES string of the molecule is COc1nccc(Br)c1Br. The Bertz CT molecular complexity index is 239. The Labute approximate surface area is 75.9 Å². The molecule has 10 heavy (non-hydrogen) atoms. The second-order valence-corrected chi connectivity index (χ2v) is 3.26. The van der Waals surface area contributed by atoms with Gasteiger partial charge in [0, 0.05) is 10.7 Å². The number of hydrogen-bond acceptors (Lipinski definition) is 2. The van der Waals surface area contributed by atoms with Crippen LogP contribution in [0.25, 0.3) is 0 Å². The summed E-state index contributed by atoms with van der Waals surface area (Å²) in [4.78, 5) is 3.96. The largest absolute Gasteiger partial charge is 0.480 e. The maximum atomic E-state index is 4.94. The first-order chi connectivity index (χ1) is 4.75. The average Bonchev–Trinajstić information content (AvgIpc) is 1.95. The molecule has 0 radical (unpaired) electrons. The standard InChI is InChI=1S/C6H5Br2NO/c1-10-6-5(8)4(7)2-3-9-6/h2-3H,1H3. The maximum absolute atomic E-state index is 4.94. The van der Waals surface area contributed by atoms with Crippen molar-refractivity contribution < 1.29 is 4.74 Å². The predicted molar refractivity (Wildman–Crippen MR) is 46.2 cm³/mol. The van der Waals surface area contributed by atoms with Crippen LogP contribution in [0.5, 0.6) is 5.88 Å². The van der Waals surface area contributed by atoms with Gasteiger partial charge in [-0.25, -0.2) is 4.98 Å². The molecule has 4 heteroatoms. The van der Waals surface area contributed by atoms with Crippen molar-refractivity contribution in [1.29, 1.82) is 0 Å². The van der Waals surface area contributed by atoms with Crippen molar-refractivity contribution in [2.24, 2.45) is 0 Å². The van der Waals surface area contributed by atoms with Gasteiger partial charge in [-0.05, 0) is 37.9 Å². The van der Waals surface area contributed by atoms with Crippen molar-refractivity contribution in [3.63, 3.8) is 0 Å². The first-order valence-corrected chi connectivity index (χ1v) is 4.18. The summed E-state index contributed by atoms with van der Waals surface area (Å²) in [6, 6.07) is 1.84. The summed E-state index contributed by atoms with van der Waals surface area (Å²) >= 11 is 6.63. The highest BCUT2D eigenvalue weighted by molar-refractivity contribution is 9.13. The highest BCUT2D eigenvalue weighted by atomic mass is 79.9. The molecular weight excluding hydrogens is 262 g/mol. The quantitative estimate of drug-likeness (QED) is 0.780. The molecule has 1 heterocycles. The molecule has 0 bridgehead atoms. The molecule has 54 valence electrons. The van der Waals surface area contributed by atoms with Crippen molar-refractivity contribution in [2.45, 2.75) is 0 Å². The van der Waals surface area contributed by atoms with E-state index in [1.807, 2.05) is 6.07 Å². The van der Waals surface area contributed by atoms with E-state index >= 15 is 0 Å². The van der Waals surface area contributed by atoms with Gasteiger partial charge in [-0.3, -0.25) is 0 Å². The Kier molecular flexibility index (Phi) is 2.68. The Hall–Kier alpha value is -0.0900. The van der Waals surface area contributed by atoms with Gasteiger partial charge in [0.2, 0.25) is 5.88 Å². The molecule has 0 fully saturated rings. The molecule has 0 aromatic carbocycles. The Morgan fingerprint density at radius 3 is 2.70 bits per heavy atom. The number of aromatic nitrogens is 1. The van der Waals surface area contributed by atoms with Crippen molar-refractivity contribution in [2.75, 3.05) is 7.11 Å². The third-order valence-corrected chi connectivity index (χ3v) is 2.96. The molecule has 0 saturated heterocycles. The van der Waals surface area contributed by atoms with Gasteiger partial charge in [0.1, 0.15) is 0 Å². The summed E-state index contributed by atoms with van der Waals surface area (Å²) in [5, 5.41) is 0. The third kappa shape index (κ3) is 1.49. The number of halogens is 2. The lowest BCUT2D eigenvalue weighted by Gasteiger charge is -2.01. The third-order valence-electron chi connectivity index (χ3n) is 1.00. The number of ether oxygens (including phenoxy) is 1. The van der Waals surface area contributed by atoms with Crippen LogP contribution in [0, 0.1) is 0 Å². The Morgan fingerprint density at radius 2 is 2.20 bits per heavy atom. The lowest BCUT2D eigenvalue weighted by Crippen LogP contribution is -1.87. The molecule has 2 nitrogen and oxygen atoms in total. The summed E-state index contributed by atoms with van der Waals surface area (Å²) < 4.78 is 6.73. The van der Waals surface area contributed by atoms with Gasteiger partial charge in [0.25, 0.3) is 0 Å².